The molecule has 1 aromatic rings. The van der Waals surface area contributed by atoms with Gasteiger partial charge >= 0.3 is 0 Å². The van der Waals surface area contributed by atoms with Gasteiger partial charge in [-0.2, -0.15) is 5.10 Å². The lowest BCUT2D eigenvalue weighted by Gasteiger charge is -2.14. The van der Waals surface area contributed by atoms with E-state index in [1.807, 2.05) is 18.5 Å². The molecule has 2 rings (SSSR count). The number of nitrogens with zero attached hydrogens (tertiary/aromatic N) is 2. The zero-order valence-electron chi connectivity index (χ0n) is 11.7. The van der Waals surface area contributed by atoms with E-state index in [2.05, 4.69) is 10.4 Å². The SMILES string of the molecule is CCn1nc(C)c(Cl)c1CC(=O)C1CCCCCN1. The molecule has 0 bridgehead atoms. The second-order valence-electron chi connectivity index (χ2n) is 5.16. The summed E-state index contributed by atoms with van der Waals surface area (Å²) in [5, 5.41) is 8.34. The summed E-state index contributed by atoms with van der Waals surface area (Å²) in [6, 6.07) is -0.0147. The third-order valence-electron chi connectivity index (χ3n) is 3.74. The molecule has 1 atom stereocenters. The number of rotatable bonds is 4. The fraction of sp³-hybridized carbons (Fsp3) is 0.714. The van der Waals surface area contributed by atoms with E-state index in [1.54, 1.807) is 0 Å². The van der Waals surface area contributed by atoms with Crippen molar-refractivity contribution >= 4 is 17.4 Å². The molecule has 0 radical (unpaired) electrons. The van der Waals surface area contributed by atoms with Crippen molar-refractivity contribution in [3.05, 3.63) is 16.4 Å². The summed E-state index contributed by atoms with van der Waals surface area (Å²) in [7, 11) is 0. The molecule has 1 aliphatic heterocycles. The lowest BCUT2D eigenvalue weighted by Crippen LogP contribution is -2.37. The average Bonchev–Trinajstić information content (AvgIpc) is 2.65. The molecule has 106 valence electrons. The maximum absolute atomic E-state index is 12.4. The van der Waals surface area contributed by atoms with Gasteiger partial charge in [-0.1, -0.05) is 24.4 Å². The van der Waals surface area contributed by atoms with Gasteiger partial charge in [0.25, 0.3) is 0 Å². The lowest BCUT2D eigenvalue weighted by atomic mass is 10.0. The van der Waals surface area contributed by atoms with E-state index in [-0.39, 0.29) is 11.8 Å². The molecule has 0 aliphatic carbocycles. The van der Waals surface area contributed by atoms with Crippen LogP contribution in [0.2, 0.25) is 5.02 Å². The quantitative estimate of drug-likeness (QED) is 0.924. The number of carbonyl (C=O) groups excluding carboxylic acids is 1. The molecule has 5 heteroatoms. The predicted molar refractivity (Wildman–Crippen MR) is 76.6 cm³/mol. The first-order valence-electron chi connectivity index (χ1n) is 7.11. The number of carbonyl (C=O) groups is 1. The van der Waals surface area contributed by atoms with Crippen molar-refractivity contribution in [1.82, 2.24) is 15.1 Å². The van der Waals surface area contributed by atoms with Gasteiger partial charge in [-0.3, -0.25) is 9.48 Å². The molecule has 0 spiro atoms. The van der Waals surface area contributed by atoms with Crippen LogP contribution >= 0.6 is 11.6 Å². The molecule has 1 N–H and O–H groups in total. The van der Waals surface area contributed by atoms with E-state index in [4.69, 9.17) is 11.6 Å². The third kappa shape index (κ3) is 3.37. The summed E-state index contributed by atoms with van der Waals surface area (Å²) in [5.41, 5.74) is 1.66. The van der Waals surface area contributed by atoms with E-state index in [0.29, 0.717) is 11.4 Å². The first-order valence-corrected chi connectivity index (χ1v) is 7.49. The zero-order valence-corrected chi connectivity index (χ0v) is 12.5. The molecule has 1 fully saturated rings. The minimum Gasteiger partial charge on any atom is -0.307 e. The van der Waals surface area contributed by atoms with E-state index in [0.717, 1.165) is 43.7 Å². The van der Waals surface area contributed by atoms with Crippen molar-refractivity contribution in [1.29, 1.82) is 0 Å². The van der Waals surface area contributed by atoms with Crippen LogP contribution in [0.15, 0.2) is 0 Å². The molecule has 1 unspecified atom stereocenters. The highest BCUT2D eigenvalue weighted by Gasteiger charge is 2.23. The van der Waals surface area contributed by atoms with Crippen molar-refractivity contribution in [2.24, 2.45) is 0 Å². The maximum Gasteiger partial charge on any atom is 0.155 e. The molecule has 0 aromatic carbocycles. The Hall–Kier alpha value is -0.870. The van der Waals surface area contributed by atoms with Crippen LogP contribution in [0.4, 0.5) is 0 Å². The van der Waals surface area contributed by atoms with Crippen LogP contribution in [0.1, 0.15) is 44.0 Å². The van der Waals surface area contributed by atoms with Crippen molar-refractivity contribution in [3.8, 4) is 0 Å². The number of aryl methyl sites for hydroxylation is 2. The number of aromatic nitrogens is 2. The summed E-state index contributed by atoms with van der Waals surface area (Å²) in [4.78, 5) is 12.4. The number of ketones is 1. The van der Waals surface area contributed by atoms with E-state index in [9.17, 15) is 4.79 Å². The lowest BCUT2D eigenvalue weighted by molar-refractivity contribution is -0.120. The monoisotopic (exact) mass is 283 g/mol. The number of hydrogen-bond acceptors (Lipinski definition) is 3. The van der Waals surface area contributed by atoms with Gasteiger partial charge in [-0.05, 0) is 33.2 Å². The van der Waals surface area contributed by atoms with Crippen LogP contribution in [0, 0.1) is 6.92 Å². The van der Waals surface area contributed by atoms with E-state index >= 15 is 0 Å². The van der Waals surface area contributed by atoms with Crippen molar-refractivity contribution in [3.63, 3.8) is 0 Å². The molecule has 0 amide bonds. The Labute approximate surface area is 119 Å². The maximum atomic E-state index is 12.4. The van der Waals surface area contributed by atoms with Crippen LogP contribution in [0.25, 0.3) is 0 Å². The summed E-state index contributed by atoms with van der Waals surface area (Å²) in [6.45, 7) is 5.58. The van der Waals surface area contributed by atoms with Crippen molar-refractivity contribution in [2.75, 3.05) is 6.54 Å². The first kappa shape index (κ1) is 14.5. The second-order valence-corrected chi connectivity index (χ2v) is 5.54. The number of Topliss-reactive ketones (excluding diaryl/α,β-unsaturated/α-hetero) is 1. The molecule has 2 heterocycles. The van der Waals surface area contributed by atoms with Gasteiger partial charge in [0.1, 0.15) is 0 Å². The third-order valence-corrected chi connectivity index (χ3v) is 4.24. The van der Waals surface area contributed by atoms with Gasteiger partial charge in [0.2, 0.25) is 0 Å². The Balaban J connectivity index is 2.09. The topological polar surface area (TPSA) is 46.9 Å². The zero-order chi connectivity index (χ0) is 13.8. The highest BCUT2D eigenvalue weighted by Crippen LogP contribution is 2.22. The van der Waals surface area contributed by atoms with Crippen LogP contribution in [0.3, 0.4) is 0 Å². The highest BCUT2D eigenvalue weighted by molar-refractivity contribution is 6.32. The van der Waals surface area contributed by atoms with Crippen molar-refractivity contribution in [2.45, 2.75) is 58.5 Å². The highest BCUT2D eigenvalue weighted by atomic mass is 35.5. The van der Waals surface area contributed by atoms with Crippen LogP contribution in [0.5, 0.6) is 0 Å². The molecular weight excluding hydrogens is 262 g/mol. The summed E-state index contributed by atoms with van der Waals surface area (Å²) < 4.78 is 1.84. The van der Waals surface area contributed by atoms with Gasteiger partial charge in [0.05, 0.1) is 28.9 Å². The second kappa shape index (κ2) is 6.53. The van der Waals surface area contributed by atoms with Gasteiger partial charge in [0, 0.05) is 6.54 Å². The van der Waals surface area contributed by atoms with Crippen LogP contribution < -0.4 is 5.32 Å². The fourth-order valence-electron chi connectivity index (χ4n) is 2.63. The Bertz CT molecular complexity index is 448. The van der Waals surface area contributed by atoms with Crippen LogP contribution in [-0.2, 0) is 17.8 Å². The van der Waals surface area contributed by atoms with Gasteiger partial charge in [-0.25, -0.2) is 0 Å². The van der Waals surface area contributed by atoms with Gasteiger partial charge < -0.3 is 5.32 Å². The summed E-state index contributed by atoms with van der Waals surface area (Å²) in [5.74, 6) is 0.235. The molecule has 0 saturated carbocycles. The number of halogens is 1. The number of hydrogen-bond donors (Lipinski definition) is 1. The summed E-state index contributed by atoms with van der Waals surface area (Å²) >= 11 is 6.25. The molecule has 1 aromatic heterocycles. The Morgan fingerprint density at radius 2 is 2.26 bits per heavy atom. The number of nitrogens with one attached hydrogen (secondary N) is 1. The Morgan fingerprint density at radius 1 is 1.47 bits per heavy atom. The molecule has 19 heavy (non-hydrogen) atoms. The van der Waals surface area contributed by atoms with Gasteiger partial charge in [-0.15, -0.1) is 0 Å². The molecule has 1 aliphatic rings. The molecule has 4 nitrogen and oxygen atoms in total. The Morgan fingerprint density at radius 3 is 3.00 bits per heavy atom. The smallest absolute Gasteiger partial charge is 0.155 e. The predicted octanol–water partition coefficient (Wildman–Crippen LogP) is 2.51. The van der Waals surface area contributed by atoms with Gasteiger partial charge in [0.15, 0.2) is 5.78 Å². The largest absolute Gasteiger partial charge is 0.307 e. The Kier molecular flexibility index (Phi) is 4.99. The minimum absolute atomic E-state index is 0.0147. The normalized spacial score (nSPS) is 20.3. The minimum atomic E-state index is -0.0147. The van der Waals surface area contributed by atoms with Crippen molar-refractivity contribution < 1.29 is 4.79 Å². The van der Waals surface area contributed by atoms with E-state index in [1.165, 1.54) is 6.42 Å². The van der Waals surface area contributed by atoms with E-state index < -0.39 is 0 Å². The fourth-order valence-corrected chi connectivity index (χ4v) is 2.83. The standard InChI is InChI=1S/C14H22ClN3O/c1-3-18-12(14(15)10(2)17-18)9-13(19)11-7-5-4-6-8-16-11/h11,16H,3-9H2,1-2H3. The first-order chi connectivity index (χ1) is 9.13. The molecule has 1 saturated heterocycles. The molecular formula is C14H22ClN3O. The average molecular weight is 284 g/mol. The van der Waals surface area contributed by atoms with Crippen LogP contribution in [-0.4, -0.2) is 28.2 Å². The summed E-state index contributed by atoms with van der Waals surface area (Å²) in [6.07, 6.45) is 4.82.